The van der Waals surface area contributed by atoms with Crippen molar-refractivity contribution in [3.63, 3.8) is 0 Å². The third-order valence-electron chi connectivity index (χ3n) is 3.89. The predicted octanol–water partition coefficient (Wildman–Crippen LogP) is 2.94. The molecule has 5 nitrogen and oxygen atoms in total. The van der Waals surface area contributed by atoms with E-state index in [0.717, 1.165) is 11.1 Å². The molecule has 1 aromatic carbocycles. The zero-order valence-corrected chi connectivity index (χ0v) is 14.1. The summed E-state index contributed by atoms with van der Waals surface area (Å²) in [7, 11) is 1.37. The van der Waals surface area contributed by atoms with E-state index in [2.05, 4.69) is 9.97 Å². The molecule has 0 bridgehead atoms. The summed E-state index contributed by atoms with van der Waals surface area (Å²) in [5, 5.41) is 0. The second-order valence-electron chi connectivity index (χ2n) is 5.41. The molecule has 0 radical (unpaired) electrons. The van der Waals surface area contributed by atoms with Gasteiger partial charge in [-0.25, -0.2) is 9.78 Å². The van der Waals surface area contributed by atoms with Crippen LogP contribution in [0.2, 0.25) is 0 Å². The van der Waals surface area contributed by atoms with Crippen LogP contribution >= 0.6 is 12.6 Å². The highest BCUT2D eigenvalue weighted by Gasteiger charge is 2.31. The van der Waals surface area contributed by atoms with Crippen molar-refractivity contribution in [3.05, 3.63) is 84.2 Å². The number of hydrogen-bond acceptors (Lipinski definition) is 5. The van der Waals surface area contributed by atoms with Gasteiger partial charge in [-0.05, 0) is 29.3 Å². The number of rotatable bonds is 5. The third kappa shape index (κ3) is 3.19. The van der Waals surface area contributed by atoms with Crippen LogP contribution in [0.25, 0.3) is 0 Å². The van der Waals surface area contributed by atoms with Crippen molar-refractivity contribution in [1.82, 2.24) is 14.5 Å². The molecule has 0 saturated heterocycles. The summed E-state index contributed by atoms with van der Waals surface area (Å²) in [6.07, 6.45) is 8.92. The number of thiol groups is 1. The van der Waals surface area contributed by atoms with E-state index in [0.29, 0.717) is 12.1 Å². The number of nitrogens with zero attached hydrogens (tertiary/aromatic N) is 3. The second kappa shape index (κ2) is 6.88. The second-order valence-corrected chi connectivity index (χ2v) is 6.17. The van der Waals surface area contributed by atoms with Crippen molar-refractivity contribution in [1.29, 1.82) is 0 Å². The average Bonchev–Trinajstić information content (AvgIpc) is 3.14. The van der Waals surface area contributed by atoms with Crippen molar-refractivity contribution in [2.45, 2.75) is 11.3 Å². The zero-order chi connectivity index (χ0) is 17.0. The van der Waals surface area contributed by atoms with Crippen LogP contribution in [0.4, 0.5) is 0 Å². The molecule has 1 unspecified atom stereocenters. The summed E-state index contributed by atoms with van der Waals surface area (Å²) in [4.78, 5) is 19.9. The molecular formula is C18H17N3O2S. The maximum atomic E-state index is 11.6. The molecule has 0 N–H and O–H groups in total. The van der Waals surface area contributed by atoms with E-state index in [1.807, 2.05) is 35.0 Å². The van der Waals surface area contributed by atoms with E-state index in [9.17, 15) is 4.79 Å². The Bertz CT molecular complexity index is 804. The number of ether oxygens (including phenoxy) is 1. The van der Waals surface area contributed by atoms with E-state index >= 15 is 0 Å². The Morgan fingerprint density at radius 3 is 2.54 bits per heavy atom. The van der Waals surface area contributed by atoms with Crippen LogP contribution in [-0.2, 0) is 16.0 Å². The van der Waals surface area contributed by atoms with Crippen LogP contribution in [-0.4, -0.2) is 27.6 Å². The number of hydrogen-bond donors (Lipinski definition) is 1. The number of methoxy groups -OCH3 is 1. The molecule has 6 heteroatoms. The maximum Gasteiger partial charge on any atom is 0.337 e. The topological polar surface area (TPSA) is 57.0 Å². The fourth-order valence-corrected chi connectivity index (χ4v) is 3.05. The first-order valence-electron chi connectivity index (χ1n) is 7.41. The highest BCUT2D eigenvalue weighted by Crippen LogP contribution is 2.37. The molecule has 0 spiro atoms. The predicted molar refractivity (Wildman–Crippen MR) is 94.0 cm³/mol. The number of pyridine rings is 1. The van der Waals surface area contributed by atoms with Gasteiger partial charge in [0.2, 0.25) is 0 Å². The van der Waals surface area contributed by atoms with Gasteiger partial charge in [-0.2, -0.15) is 12.6 Å². The maximum absolute atomic E-state index is 11.6. The van der Waals surface area contributed by atoms with Gasteiger partial charge in [-0.15, -0.1) is 0 Å². The Balaban J connectivity index is 2.03. The minimum Gasteiger partial charge on any atom is -0.465 e. The minimum absolute atomic E-state index is 0.359. The van der Waals surface area contributed by atoms with Crippen LogP contribution in [0.3, 0.4) is 0 Å². The van der Waals surface area contributed by atoms with E-state index in [-0.39, 0.29) is 5.97 Å². The van der Waals surface area contributed by atoms with Crippen LogP contribution in [0.5, 0.6) is 0 Å². The molecular weight excluding hydrogens is 322 g/mol. The van der Waals surface area contributed by atoms with Gasteiger partial charge in [0.25, 0.3) is 0 Å². The molecule has 122 valence electrons. The molecule has 2 heterocycles. The van der Waals surface area contributed by atoms with Crippen molar-refractivity contribution in [2.24, 2.45) is 0 Å². The van der Waals surface area contributed by atoms with Crippen LogP contribution in [0.15, 0.2) is 67.5 Å². The SMILES string of the molecule is COC(=O)c1ccc(C(S)(Cn2ccnc2)c2cccnc2)cc1. The molecule has 2 aromatic heterocycles. The fraction of sp³-hybridized carbons (Fsp3) is 0.167. The number of carbonyl (C=O) groups is 1. The highest BCUT2D eigenvalue weighted by atomic mass is 32.1. The Hall–Kier alpha value is -2.60. The number of imidazole rings is 1. The summed E-state index contributed by atoms with van der Waals surface area (Å²) in [5.41, 5.74) is 2.43. The highest BCUT2D eigenvalue weighted by molar-refractivity contribution is 7.81. The van der Waals surface area contributed by atoms with E-state index in [1.54, 1.807) is 37.1 Å². The molecule has 1 atom stereocenters. The summed E-state index contributed by atoms with van der Waals surface area (Å²) in [6.45, 7) is 0.583. The lowest BCUT2D eigenvalue weighted by molar-refractivity contribution is 0.0600. The van der Waals surface area contributed by atoms with E-state index < -0.39 is 4.75 Å². The van der Waals surface area contributed by atoms with Crippen molar-refractivity contribution < 1.29 is 9.53 Å². The fourth-order valence-electron chi connectivity index (χ4n) is 2.60. The minimum atomic E-state index is -0.608. The van der Waals surface area contributed by atoms with E-state index in [4.69, 9.17) is 17.4 Å². The largest absolute Gasteiger partial charge is 0.465 e. The molecule has 0 amide bonds. The van der Waals surface area contributed by atoms with Crippen molar-refractivity contribution >= 4 is 18.6 Å². The van der Waals surface area contributed by atoms with Crippen LogP contribution in [0.1, 0.15) is 21.5 Å². The smallest absolute Gasteiger partial charge is 0.337 e. The molecule has 0 fully saturated rings. The van der Waals surface area contributed by atoms with Gasteiger partial charge in [0.1, 0.15) is 0 Å². The molecule has 0 aliphatic rings. The lowest BCUT2D eigenvalue weighted by Crippen LogP contribution is -2.27. The lowest BCUT2D eigenvalue weighted by atomic mass is 9.90. The van der Waals surface area contributed by atoms with Crippen molar-refractivity contribution in [3.8, 4) is 0 Å². The van der Waals surface area contributed by atoms with Crippen LogP contribution < -0.4 is 0 Å². The monoisotopic (exact) mass is 339 g/mol. The van der Waals surface area contributed by atoms with Gasteiger partial charge >= 0.3 is 5.97 Å². The van der Waals surface area contributed by atoms with Gasteiger partial charge in [-0.1, -0.05) is 18.2 Å². The van der Waals surface area contributed by atoms with Crippen molar-refractivity contribution in [2.75, 3.05) is 7.11 Å². The number of aromatic nitrogens is 3. The van der Waals surface area contributed by atoms with Gasteiger partial charge in [-0.3, -0.25) is 4.98 Å². The number of benzene rings is 1. The normalized spacial score (nSPS) is 13.2. The molecule has 0 aliphatic carbocycles. The number of esters is 1. The van der Waals surface area contributed by atoms with E-state index in [1.165, 1.54) is 7.11 Å². The van der Waals surface area contributed by atoms with Gasteiger partial charge in [0.05, 0.1) is 23.7 Å². The molecule has 3 rings (SSSR count). The first kappa shape index (κ1) is 16.3. The Morgan fingerprint density at radius 1 is 1.17 bits per heavy atom. The first-order valence-corrected chi connectivity index (χ1v) is 7.86. The molecule has 24 heavy (non-hydrogen) atoms. The zero-order valence-electron chi connectivity index (χ0n) is 13.2. The molecule has 3 aromatic rings. The summed E-state index contributed by atoms with van der Waals surface area (Å²) in [5.74, 6) is -0.359. The van der Waals surface area contributed by atoms with Gasteiger partial charge in [0.15, 0.2) is 0 Å². The summed E-state index contributed by atoms with van der Waals surface area (Å²) >= 11 is 4.99. The quantitative estimate of drug-likeness (QED) is 0.574. The first-order chi connectivity index (χ1) is 11.6. The Kier molecular flexibility index (Phi) is 4.66. The molecule has 0 aliphatic heterocycles. The number of carbonyl (C=O) groups excluding carboxylic acids is 1. The standard InChI is InChI=1S/C18H17N3O2S/c1-23-17(22)14-4-6-15(7-5-14)18(24,12-21-10-9-20-13-21)16-3-2-8-19-11-16/h2-11,13,24H,12H2,1H3. The average molecular weight is 339 g/mol. The summed E-state index contributed by atoms with van der Waals surface area (Å²) in [6, 6.07) is 11.2. The van der Waals surface area contributed by atoms with Gasteiger partial charge in [0, 0.05) is 31.3 Å². The summed E-state index contributed by atoms with van der Waals surface area (Å²) < 4.78 is 6.11. The van der Waals surface area contributed by atoms with Crippen LogP contribution in [0, 0.1) is 0 Å². The van der Waals surface area contributed by atoms with Gasteiger partial charge < -0.3 is 9.30 Å². The third-order valence-corrected chi connectivity index (χ3v) is 4.55. The molecule has 0 saturated carbocycles. The lowest BCUT2D eigenvalue weighted by Gasteiger charge is -2.30. The Labute approximate surface area is 145 Å². The Morgan fingerprint density at radius 2 is 1.96 bits per heavy atom.